The van der Waals surface area contributed by atoms with Crippen molar-refractivity contribution in [3.63, 3.8) is 0 Å². The highest BCUT2D eigenvalue weighted by Gasteiger charge is 2.34. The van der Waals surface area contributed by atoms with Gasteiger partial charge in [-0.05, 0) is 24.5 Å². The maximum Gasteiger partial charge on any atom is 0.170 e. The maximum atomic E-state index is 15.4. The van der Waals surface area contributed by atoms with Gasteiger partial charge in [0.15, 0.2) is 11.6 Å². The van der Waals surface area contributed by atoms with Gasteiger partial charge in [0.1, 0.15) is 5.75 Å². The number of methoxy groups -OCH3 is 2. The number of benzene rings is 2. The van der Waals surface area contributed by atoms with Crippen molar-refractivity contribution in [3.05, 3.63) is 57.4 Å². The second kappa shape index (κ2) is 7.25. The monoisotopic (exact) mass is 364 g/mol. The van der Waals surface area contributed by atoms with Crippen molar-refractivity contribution >= 4 is 11.6 Å². The Morgan fingerprint density at radius 3 is 2.20 bits per heavy atom. The van der Waals surface area contributed by atoms with Crippen molar-refractivity contribution in [1.82, 2.24) is 0 Å². The number of hydrogen-bond donors (Lipinski definition) is 0. The SMILES string of the molecule is COc1c(C)cccc1C(C)(C)c1c(Cl)cc(C(C)C)c(OC)c1F. The highest BCUT2D eigenvalue weighted by molar-refractivity contribution is 6.31. The average Bonchev–Trinajstić information content (AvgIpc) is 2.53. The van der Waals surface area contributed by atoms with Gasteiger partial charge >= 0.3 is 0 Å². The summed E-state index contributed by atoms with van der Waals surface area (Å²) in [6.07, 6.45) is 0. The molecule has 0 spiro atoms. The number of ether oxygens (including phenoxy) is 2. The molecule has 136 valence electrons. The normalized spacial score (nSPS) is 11.8. The molecule has 4 heteroatoms. The quantitative estimate of drug-likeness (QED) is 0.623. The van der Waals surface area contributed by atoms with E-state index in [-0.39, 0.29) is 11.7 Å². The van der Waals surface area contributed by atoms with Gasteiger partial charge in [0, 0.05) is 27.1 Å². The van der Waals surface area contributed by atoms with Crippen LogP contribution in [0.4, 0.5) is 4.39 Å². The molecule has 25 heavy (non-hydrogen) atoms. The number of rotatable bonds is 5. The lowest BCUT2D eigenvalue weighted by Crippen LogP contribution is -2.23. The van der Waals surface area contributed by atoms with Gasteiger partial charge < -0.3 is 9.47 Å². The van der Waals surface area contributed by atoms with Crippen molar-refractivity contribution < 1.29 is 13.9 Å². The molecule has 0 saturated carbocycles. The Labute approximate surface area is 154 Å². The molecule has 2 rings (SSSR count). The van der Waals surface area contributed by atoms with Gasteiger partial charge in [-0.2, -0.15) is 0 Å². The van der Waals surface area contributed by atoms with Crippen LogP contribution >= 0.6 is 11.6 Å². The third-order valence-electron chi connectivity index (χ3n) is 4.74. The first-order chi connectivity index (χ1) is 11.7. The van der Waals surface area contributed by atoms with E-state index >= 15 is 4.39 Å². The Kier molecular flexibility index (Phi) is 5.68. The van der Waals surface area contributed by atoms with E-state index in [1.807, 2.05) is 58.9 Å². The molecule has 0 bridgehead atoms. The summed E-state index contributed by atoms with van der Waals surface area (Å²) in [6.45, 7) is 9.84. The molecule has 0 saturated heterocycles. The second-order valence-electron chi connectivity index (χ2n) is 7.11. The van der Waals surface area contributed by atoms with E-state index in [2.05, 4.69) is 0 Å². The van der Waals surface area contributed by atoms with Crippen LogP contribution in [0.3, 0.4) is 0 Å². The van der Waals surface area contributed by atoms with Crippen LogP contribution in [-0.2, 0) is 5.41 Å². The first-order valence-corrected chi connectivity index (χ1v) is 8.75. The molecule has 0 heterocycles. The van der Waals surface area contributed by atoms with Crippen LogP contribution in [0.15, 0.2) is 24.3 Å². The predicted octanol–water partition coefficient (Wildman–Crippen LogP) is 6.25. The summed E-state index contributed by atoms with van der Waals surface area (Å²) in [5, 5.41) is 0.399. The Bertz CT molecular complexity index is 782. The van der Waals surface area contributed by atoms with E-state index in [9.17, 15) is 0 Å². The zero-order valence-corrected chi connectivity index (χ0v) is 16.7. The molecular formula is C21H26ClFO2. The molecule has 0 radical (unpaired) electrons. The number of aryl methyl sites for hydroxylation is 1. The van der Waals surface area contributed by atoms with Crippen LogP contribution in [-0.4, -0.2) is 14.2 Å². The molecule has 0 fully saturated rings. The molecule has 0 amide bonds. The van der Waals surface area contributed by atoms with E-state index in [4.69, 9.17) is 21.1 Å². The summed E-state index contributed by atoms with van der Waals surface area (Å²) in [5.41, 5.74) is 2.37. The van der Waals surface area contributed by atoms with Gasteiger partial charge in [-0.1, -0.05) is 57.5 Å². The standard InChI is InChI=1S/C21H26ClFO2/c1-12(2)14-11-16(22)17(18(23)20(14)25-7)21(4,5)15-10-8-9-13(3)19(15)24-6/h8-12H,1-7H3. The smallest absolute Gasteiger partial charge is 0.170 e. The molecule has 0 unspecified atom stereocenters. The summed E-state index contributed by atoms with van der Waals surface area (Å²) in [5.74, 6) is 0.698. The number of halogens is 2. The molecule has 2 nitrogen and oxygen atoms in total. The summed E-state index contributed by atoms with van der Waals surface area (Å²) in [4.78, 5) is 0. The van der Waals surface area contributed by atoms with Gasteiger partial charge in [0.2, 0.25) is 0 Å². The van der Waals surface area contributed by atoms with Crippen LogP contribution in [0.1, 0.15) is 55.9 Å². The van der Waals surface area contributed by atoms with Crippen molar-refractivity contribution in [2.24, 2.45) is 0 Å². The van der Waals surface area contributed by atoms with Crippen LogP contribution in [0.25, 0.3) is 0 Å². The van der Waals surface area contributed by atoms with Gasteiger partial charge in [-0.25, -0.2) is 4.39 Å². The molecule has 0 aliphatic carbocycles. The fourth-order valence-corrected chi connectivity index (χ4v) is 3.82. The molecule has 2 aromatic carbocycles. The maximum absolute atomic E-state index is 15.4. The number of para-hydroxylation sites is 1. The third kappa shape index (κ3) is 3.35. The topological polar surface area (TPSA) is 18.5 Å². The van der Waals surface area contributed by atoms with Gasteiger partial charge in [-0.15, -0.1) is 0 Å². The summed E-state index contributed by atoms with van der Waals surface area (Å²) in [7, 11) is 3.12. The zero-order chi connectivity index (χ0) is 18.9. The zero-order valence-electron chi connectivity index (χ0n) is 16.0. The minimum Gasteiger partial charge on any atom is -0.496 e. The summed E-state index contributed by atoms with van der Waals surface area (Å²) in [6, 6.07) is 7.68. The molecule has 0 N–H and O–H groups in total. The third-order valence-corrected chi connectivity index (χ3v) is 5.04. The lowest BCUT2D eigenvalue weighted by molar-refractivity contribution is 0.370. The summed E-state index contributed by atoms with van der Waals surface area (Å²) >= 11 is 6.54. The van der Waals surface area contributed by atoms with Crippen LogP contribution in [0, 0.1) is 12.7 Å². The fraction of sp³-hybridized carbons (Fsp3) is 0.429. The Morgan fingerprint density at radius 1 is 1.08 bits per heavy atom. The molecule has 0 aromatic heterocycles. The van der Waals surface area contributed by atoms with Crippen molar-refractivity contribution in [2.75, 3.05) is 14.2 Å². The Balaban J connectivity index is 2.79. The van der Waals surface area contributed by atoms with Crippen molar-refractivity contribution in [3.8, 4) is 11.5 Å². The fourth-order valence-electron chi connectivity index (χ4n) is 3.38. The van der Waals surface area contributed by atoms with Crippen LogP contribution < -0.4 is 9.47 Å². The molecule has 0 atom stereocenters. The lowest BCUT2D eigenvalue weighted by Gasteiger charge is -2.31. The second-order valence-corrected chi connectivity index (χ2v) is 7.51. The van der Waals surface area contributed by atoms with Gasteiger partial charge in [-0.3, -0.25) is 0 Å². The van der Waals surface area contributed by atoms with Gasteiger partial charge in [0.05, 0.1) is 14.2 Å². The Hall–Kier alpha value is -1.74. The van der Waals surface area contributed by atoms with E-state index in [1.165, 1.54) is 7.11 Å². The predicted molar refractivity (Wildman–Crippen MR) is 102 cm³/mol. The largest absolute Gasteiger partial charge is 0.496 e. The highest BCUT2D eigenvalue weighted by atomic mass is 35.5. The minimum absolute atomic E-state index is 0.104. The molecule has 2 aromatic rings. The van der Waals surface area contributed by atoms with Crippen molar-refractivity contribution in [2.45, 2.75) is 46.0 Å². The molecule has 0 aliphatic rings. The first-order valence-electron chi connectivity index (χ1n) is 8.37. The molecular weight excluding hydrogens is 339 g/mol. The summed E-state index contributed by atoms with van der Waals surface area (Å²) < 4.78 is 26.4. The van der Waals surface area contributed by atoms with Crippen LogP contribution in [0.2, 0.25) is 5.02 Å². The van der Waals surface area contributed by atoms with E-state index in [1.54, 1.807) is 7.11 Å². The van der Waals surface area contributed by atoms with E-state index in [0.717, 1.165) is 22.4 Å². The van der Waals surface area contributed by atoms with Gasteiger partial charge in [0.25, 0.3) is 0 Å². The first kappa shape index (κ1) is 19.6. The molecule has 0 aliphatic heterocycles. The number of hydrogen-bond acceptors (Lipinski definition) is 2. The van der Waals surface area contributed by atoms with Crippen molar-refractivity contribution in [1.29, 1.82) is 0 Å². The van der Waals surface area contributed by atoms with Crippen LogP contribution in [0.5, 0.6) is 11.5 Å². The average molecular weight is 365 g/mol. The highest BCUT2D eigenvalue weighted by Crippen LogP contribution is 2.46. The van der Waals surface area contributed by atoms with E-state index < -0.39 is 11.2 Å². The lowest BCUT2D eigenvalue weighted by atomic mass is 9.76. The Morgan fingerprint density at radius 2 is 1.68 bits per heavy atom. The minimum atomic E-state index is -0.693. The van der Waals surface area contributed by atoms with E-state index in [0.29, 0.717) is 10.6 Å².